The van der Waals surface area contributed by atoms with Gasteiger partial charge in [-0.2, -0.15) is 0 Å². The Morgan fingerprint density at radius 2 is 1.85 bits per heavy atom. The molecule has 1 aliphatic carbocycles. The fraction of sp³-hybridized carbons (Fsp3) is 0.667. The molecule has 0 radical (unpaired) electrons. The van der Waals surface area contributed by atoms with E-state index in [1.165, 1.54) is 43.4 Å². The molecule has 1 aliphatic rings. The van der Waals surface area contributed by atoms with Crippen LogP contribution >= 0.6 is 0 Å². The fourth-order valence-electron chi connectivity index (χ4n) is 3.23. The second-order valence-corrected chi connectivity index (χ2v) is 6.44. The molecule has 112 valence electrons. The Balaban J connectivity index is 1.80. The molecule has 1 aromatic carbocycles. The summed E-state index contributed by atoms with van der Waals surface area (Å²) in [5.74, 6) is 0.578. The van der Waals surface area contributed by atoms with Gasteiger partial charge in [0.15, 0.2) is 0 Å². The van der Waals surface area contributed by atoms with Gasteiger partial charge in [0.1, 0.15) is 0 Å². The summed E-state index contributed by atoms with van der Waals surface area (Å²) in [6.45, 7) is 6.69. The van der Waals surface area contributed by atoms with Crippen molar-refractivity contribution in [2.75, 3.05) is 25.5 Å². The molecule has 0 heterocycles. The Bertz CT molecular complexity index is 394. The van der Waals surface area contributed by atoms with E-state index in [2.05, 4.69) is 55.4 Å². The van der Waals surface area contributed by atoms with Gasteiger partial charge in [0, 0.05) is 24.8 Å². The highest BCUT2D eigenvalue weighted by atomic mass is 15.1. The predicted octanol–water partition coefficient (Wildman–Crippen LogP) is 4.49. The predicted molar refractivity (Wildman–Crippen MR) is 88.5 cm³/mol. The number of benzene rings is 1. The summed E-state index contributed by atoms with van der Waals surface area (Å²) in [6.07, 6.45) is 7.04. The molecule has 20 heavy (non-hydrogen) atoms. The molecule has 2 heteroatoms. The average molecular weight is 274 g/mol. The molecule has 1 N–H and O–H groups in total. The van der Waals surface area contributed by atoms with Crippen molar-refractivity contribution < 1.29 is 0 Å². The molecule has 0 aromatic heterocycles. The molecule has 0 aliphatic heterocycles. The third kappa shape index (κ3) is 4.24. The third-order valence-corrected chi connectivity index (χ3v) is 4.56. The van der Waals surface area contributed by atoms with Gasteiger partial charge in [0.25, 0.3) is 0 Å². The lowest BCUT2D eigenvalue weighted by atomic mass is 9.94. The first kappa shape index (κ1) is 15.4. The quantitative estimate of drug-likeness (QED) is 0.822. The van der Waals surface area contributed by atoms with E-state index < -0.39 is 0 Å². The molecule has 0 unspecified atom stereocenters. The van der Waals surface area contributed by atoms with Crippen molar-refractivity contribution in [3.05, 3.63) is 29.8 Å². The fourth-order valence-corrected chi connectivity index (χ4v) is 3.23. The van der Waals surface area contributed by atoms with Crippen LogP contribution in [-0.4, -0.2) is 31.1 Å². The van der Waals surface area contributed by atoms with Crippen molar-refractivity contribution in [2.24, 2.45) is 0 Å². The van der Waals surface area contributed by atoms with Gasteiger partial charge in [0.05, 0.1) is 0 Å². The Kier molecular flexibility index (Phi) is 5.90. The second kappa shape index (κ2) is 7.68. The summed E-state index contributed by atoms with van der Waals surface area (Å²) in [5, 5.41) is 3.62. The summed E-state index contributed by atoms with van der Waals surface area (Å²) in [7, 11) is 2.28. The first-order valence-corrected chi connectivity index (χ1v) is 8.21. The van der Waals surface area contributed by atoms with Gasteiger partial charge < -0.3 is 10.2 Å². The minimum atomic E-state index is 0.578. The molecule has 2 rings (SSSR count). The lowest BCUT2D eigenvalue weighted by Crippen LogP contribution is -2.36. The highest BCUT2D eigenvalue weighted by Crippen LogP contribution is 2.24. The maximum atomic E-state index is 3.62. The van der Waals surface area contributed by atoms with E-state index in [-0.39, 0.29) is 0 Å². The summed E-state index contributed by atoms with van der Waals surface area (Å²) >= 11 is 0. The lowest BCUT2D eigenvalue weighted by molar-refractivity contribution is 0.198. The minimum Gasteiger partial charge on any atom is -0.384 e. The number of para-hydroxylation sites is 1. The van der Waals surface area contributed by atoms with Crippen LogP contribution in [0.25, 0.3) is 0 Å². The number of anilines is 1. The number of nitrogens with zero attached hydrogens (tertiary/aromatic N) is 1. The van der Waals surface area contributed by atoms with Crippen LogP contribution in [0.3, 0.4) is 0 Å². The van der Waals surface area contributed by atoms with Gasteiger partial charge in [0.2, 0.25) is 0 Å². The normalized spacial score (nSPS) is 16.9. The SMILES string of the molecule is CC(C)c1ccccc1NCCN(C)C1CCCCC1. The van der Waals surface area contributed by atoms with Crippen molar-refractivity contribution in [1.29, 1.82) is 0 Å². The van der Waals surface area contributed by atoms with E-state index in [0.29, 0.717) is 5.92 Å². The summed E-state index contributed by atoms with van der Waals surface area (Å²) in [4.78, 5) is 2.55. The zero-order valence-electron chi connectivity index (χ0n) is 13.4. The molecular formula is C18H30N2. The largest absolute Gasteiger partial charge is 0.384 e. The van der Waals surface area contributed by atoms with Crippen LogP contribution in [0.4, 0.5) is 5.69 Å². The van der Waals surface area contributed by atoms with Crippen molar-refractivity contribution in [3.63, 3.8) is 0 Å². The molecule has 1 saturated carbocycles. The van der Waals surface area contributed by atoms with Gasteiger partial charge >= 0.3 is 0 Å². The van der Waals surface area contributed by atoms with Crippen molar-refractivity contribution in [1.82, 2.24) is 4.90 Å². The molecular weight excluding hydrogens is 244 g/mol. The highest BCUT2D eigenvalue weighted by Gasteiger charge is 2.17. The number of rotatable bonds is 6. The third-order valence-electron chi connectivity index (χ3n) is 4.56. The summed E-state index contributed by atoms with van der Waals surface area (Å²) in [6, 6.07) is 9.51. The standard InChI is InChI=1S/C18H30N2/c1-15(2)17-11-7-8-12-18(17)19-13-14-20(3)16-9-5-4-6-10-16/h7-8,11-12,15-16,19H,4-6,9-10,13-14H2,1-3H3. The van der Waals surface area contributed by atoms with Gasteiger partial charge in [-0.05, 0) is 37.4 Å². The topological polar surface area (TPSA) is 15.3 Å². The van der Waals surface area contributed by atoms with Crippen LogP contribution in [-0.2, 0) is 0 Å². The van der Waals surface area contributed by atoms with Crippen LogP contribution in [0.2, 0.25) is 0 Å². The van der Waals surface area contributed by atoms with Crippen molar-refractivity contribution in [2.45, 2.75) is 57.9 Å². The zero-order chi connectivity index (χ0) is 14.4. The lowest BCUT2D eigenvalue weighted by Gasteiger charge is -2.31. The second-order valence-electron chi connectivity index (χ2n) is 6.44. The van der Waals surface area contributed by atoms with Crippen LogP contribution in [0.15, 0.2) is 24.3 Å². The molecule has 0 saturated heterocycles. The molecule has 2 nitrogen and oxygen atoms in total. The van der Waals surface area contributed by atoms with Crippen molar-refractivity contribution >= 4 is 5.69 Å². The van der Waals surface area contributed by atoms with E-state index in [0.717, 1.165) is 19.1 Å². The number of hydrogen-bond acceptors (Lipinski definition) is 2. The van der Waals surface area contributed by atoms with E-state index in [1.54, 1.807) is 0 Å². The van der Waals surface area contributed by atoms with Crippen LogP contribution < -0.4 is 5.32 Å². The molecule has 1 fully saturated rings. The zero-order valence-corrected chi connectivity index (χ0v) is 13.4. The average Bonchev–Trinajstić information content (AvgIpc) is 2.48. The summed E-state index contributed by atoms with van der Waals surface area (Å²) in [5.41, 5.74) is 2.73. The van der Waals surface area contributed by atoms with Crippen LogP contribution in [0.5, 0.6) is 0 Å². The smallest absolute Gasteiger partial charge is 0.0375 e. The van der Waals surface area contributed by atoms with Gasteiger partial charge in [-0.3, -0.25) is 0 Å². The molecule has 0 bridgehead atoms. The highest BCUT2D eigenvalue weighted by molar-refractivity contribution is 5.52. The van der Waals surface area contributed by atoms with Gasteiger partial charge in [-0.1, -0.05) is 51.3 Å². The van der Waals surface area contributed by atoms with Crippen LogP contribution in [0, 0.1) is 0 Å². The molecule has 0 spiro atoms. The number of hydrogen-bond donors (Lipinski definition) is 1. The number of nitrogens with one attached hydrogen (secondary N) is 1. The monoisotopic (exact) mass is 274 g/mol. The van der Waals surface area contributed by atoms with Crippen molar-refractivity contribution in [3.8, 4) is 0 Å². The first-order valence-electron chi connectivity index (χ1n) is 8.21. The minimum absolute atomic E-state index is 0.578. The van der Waals surface area contributed by atoms with Crippen LogP contribution in [0.1, 0.15) is 57.4 Å². The Hall–Kier alpha value is -1.02. The van der Waals surface area contributed by atoms with E-state index in [1.807, 2.05) is 0 Å². The maximum Gasteiger partial charge on any atom is 0.0375 e. The first-order chi connectivity index (χ1) is 9.68. The van der Waals surface area contributed by atoms with Gasteiger partial charge in [-0.15, -0.1) is 0 Å². The Labute approximate surface area is 124 Å². The molecule has 0 amide bonds. The van der Waals surface area contributed by atoms with Gasteiger partial charge in [-0.25, -0.2) is 0 Å². The Morgan fingerprint density at radius 3 is 2.55 bits per heavy atom. The van der Waals surface area contributed by atoms with E-state index in [9.17, 15) is 0 Å². The Morgan fingerprint density at radius 1 is 1.15 bits per heavy atom. The maximum absolute atomic E-state index is 3.62. The molecule has 1 aromatic rings. The van der Waals surface area contributed by atoms with E-state index in [4.69, 9.17) is 0 Å². The van der Waals surface area contributed by atoms with E-state index >= 15 is 0 Å². The molecule has 0 atom stereocenters. The number of likely N-dealkylation sites (N-methyl/N-ethyl adjacent to an activating group) is 1. The summed E-state index contributed by atoms with van der Waals surface area (Å²) < 4.78 is 0.